The predicted molar refractivity (Wildman–Crippen MR) is 219 cm³/mol. The number of carboxylic acid groups (broad SMARTS) is 1. The first-order valence-electron chi connectivity index (χ1n) is 21.1. The molecule has 0 bridgehead atoms. The van der Waals surface area contributed by atoms with Crippen molar-refractivity contribution in [3.05, 3.63) is 69.3 Å². The fraction of sp³-hybridized carbons (Fsp3) is 0.512. The van der Waals surface area contributed by atoms with Gasteiger partial charge in [0.05, 0.1) is 50.1 Å². The van der Waals surface area contributed by atoms with Crippen LogP contribution >= 0.6 is 0 Å². The maximum Gasteiger partial charge on any atom is 0.419 e. The van der Waals surface area contributed by atoms with Crippen LogP contribution in [0.1, 0.15) is 35.6 Å². The van der Waals surface area contributed by atoms with Crippen molar-refractivity contribution in [2.24, 2.45) is 11.8 Å². The Bertz CT molecular complexity index is 2440. The molecule has 6 N–H and O–H groups in total. The Morgan fingerprint density at radius 3 is 2.15 bits per heavy atom. The third kappa shape index (κ3) is 8.22. The molecule has 1 unspecified atom stereocenters. The normalized spacial score (nSPS) is 33.5. The molecule has 0 radical (unpaired) electrons. The molecule has 3 aromatic rings. The van der Waals surface area contributed by atoms with E-state index in [-0.39, 0.29) is 48.7 Å². The van der Waals surface area contributed by atoms with E-state index in [0.717, 1.165) is 30.1 Å². The van der Waals surface area contributed by atoms with Gasteiger partial charge in [0.25, 0.3) is 5.69 Å². The van der Waals surface area contributed by atoms with Crippen LogP contribution in [-0.2, 0) is 38.0 Å². The topological polar surface area (TPSA) is 330 Å². The van der Waals surface area contributed by atoms with Gasteiger partial charge in [0.1, 0.15) is 48.5 Å². The molecule has 6 aliphatic rings. The lowest BCUT2D eigenvalue weighted by molar-refractivity contribution is -0.384. The molecule has 3 aromatic carbocycles. The molecule has 15 atom stereocenters. The van der Waals surface area contributed by atoms with Gasteiger partial charge in [0, 0.05) is 31.0 Å². The maximum atomic E-state index is 14.0. The molecule has 4 fully saturated rings. The van der Waals surface area contributed by atoms with Gasteiger partial charge in [-0.15, -0.1) is 0 Å². The lowest BCUT2D eigenvalue weighted by atomic mass is 9.66. The predicted octanol–water partition coefficient (Wildman–Crippen LogP) is 0.447. The molecule has 1 aliphatic carbocycles. The van der Waals surface area contributed by atoms with Crippen LogP contribution in [0.4, 0.5) is 16.2 Å². The number of fused-ring (bicyclic) bond motifs is 4. The summed E-state index contributed by atoms with van der Waals surface area (Å²) in [5.74, 6) is -4.91. The van der Waals surface area contributed by atoms with Gasteiger partial charge in [0.2, 0.25) is 18.8 Å². The monoisotopic (exact) mass is 958 g/mol. The third-order valence-corrected chi connectivity index (χ3v) is 12.8. The zero-order chi connectivity index (χ0) is 48.5. The van der Waals surface area contributed by atoms with E-state index in [2.05, 4.69) is 0 Å². The number of esters is 1. The summed E-state index contributed by atoms with van der Waals surface area (Å²) in [6.07, 6.45) is -19.0. The Morgan fingerprint density at radius 1 is 0.809 bits per heavy atom. The second kappa shape index (κ2) is 18.4. The van der Waals surface area contributed by atoms with Crippen LogP contribution in [0, 0.1) is 22.0 Å². The number of aliphatic hydroxyl groups is 5. The summed E-state index contributed by atoms with van der Waals surface area (Å²) in [6.45, 7) is 1.49. The van der Waals surface area contributed by atoms with Crippen molar-refractivity contribution in [3.8, 4) is 34.5 Å². The summed E-state index contributed by atoms with van der Waals surface area (Å²) >= 11 is 0. The second-order valence-electron chi connectivity index (χ2n) is 16.7. The molecule has 25 nitrogen and oxygen atoms in total. The highest BCUT2D eigenvalue weighted by atomic mass is 16.8. The average Bonchev–Trinajstić information content (AvgIpc) is 3.95. The number of rotatable bonds is 11. The fourth-order valence-corrected chi connectivity index (χ4v) is 9.33. The Balaban J connectivity index is 1.04. The molecule has 0 aromatic heterocycles. The third-order valence-electron chi connectivity index (χ3n) is 12.8. The number of nitro benzene ring substituents is 1. The number of hydrogen-bond donors (Lipinski definition) is 6. The smallest absolute Gasteiger partial charge is 0.419 e. The van der Waals surface area contributed by atoms with E-state index >= 15 is 0 Å². The second-order valence-corrected chi connectivity index (χ2v) is 16.7. The molecule has 68 heavy (non-hydrogen) atoms. The Morgan fingerprint density at radius 2 is 1.49 bits per heavy atom. The molecule has 25 heteroatoms. The van der Waals surface area contributed by atoms with Crippen molar-refractivity contribution in [2.45, 2.75) is 86.6 Å². The van der Waals surface area contributed by atoms with Crippen LogP contribution in [-0.4, -0.2) is 163 Å². The number of anilines is 1. The minimum atomic E-state index is -2.05. The number of amides is 1. The van der Waals surface area contributed by atoms with E-state index in [1.165, 1.54) is 26.4 Å². The number of methoxy groups -OCH3 is 2. The van der Waals surface area contributed by atoms with Crippen molar-refractivity contribution in [2.75, 3.05) is 46.2 Å². The van der Waals surface area contributed by atoms with Gasteiger partial charge in [-0.05, 0) is 53.9 Å². The fourth-order valence-electron chi connectivity index (χ4n) is 9.33. The van der Waals surface area contributed by atoms with Gasteiger partial charge in [-0.25, -0.2) is 9.59 Å². The molecule has 5 aliphatic heterocycles. The number of nitrogens with zero attached hydrogens (tertiary/aromatic N) is 2. The number of aliphatic carboxylic acids is 1. The van der Waals surface area contributed by atoms with Crippen LogP contribution in [0.25, 0.3) is 0 Å². The van der Waals surface area contributed by atoms with Crippen LogP contribution in [0.2, 0.25) is 0 Å². The minimum absolute atomic E-state index is 0.0518. The van der Waals surface area contributed by atoms with Crippen LogP contribution in [0.5, 0.6) is 34.5 Å². The largest absolute Gasteiger partial charge is 0.493 e. The number of carbonyl (C=O) groups excluding carboxylic acids is 2. The number of cyclic esters (lactones) is 1. The molecule has 0 spiro atoms. The number of ether oxygens (including phenoxy) is 12. The van der Waals surface area contributed by atoms with Crippen LogP contribution in [0.3, 0.4) is 0 Å². The highest BCUT2D eigenvalue weighted by Gasteiger charge is 2.56. The number of aliphatic hydroxyl groups excluding tert-OH is 5. The molecular formula is C43H46N2O23. The van der Waals surface area contributed by atoms with Gasteiger partial charge < -0.3 is 87.5 Å². The quantitative estimate of drug-likeness (QED) is 0.0863. The highest BCUT2D eigenvalue weighted by Crippen LogP contribution is 2.57. The van der Waals surface area contributed by atoms with Crippen molar-refractivity contribution in [3.63, 3.8) is 0 Å². The summed E-state index contributed by atoms with van der Waals surface area (Å²) < 4.78 is 69.3. The number of hydrogen-bond acceptors (Lipinski definition) is 22. The van der Waals surface area contributed by atoms with Crippen molar-refractivity contribution in [1.29, 1.82) is 0 Å². The number of carbonyl (C=O) groups is 3. The lowest BCUT2D eigenvalue weighted by Gasteiger charge is -2.47. The molecule has 1 amide bonds. The summed E-state index contributed by atoms with van der Waals surface area (Å²) in [7, 11) is 3.70. The van der Waals surface area contributed by atoms with Crippen LogP contribution < -0.4 is 33.3 Å². The number of carboxylic acids is 1. The number of nitro groups is 1. The summed E-state index contributed by atoms with van der Waals surface area (Å²) in [6, 6.07) is 9.34. The van der Waals surface area contributed by atoms with E-state index < -0.39 is 120 Å². The van der Waals surface area contributed by atoms with Gasteiger partial charge in [0.15, 0.2) is 41.7 Å². The van der Waals surface area contributed by atoms with E-state index in [0.29, 0.717) is 28.2 Å². The summed E-state index contributed by atoms with van der Waals surface area (Å²) in [4.78, 5) is 51.5. The van der Waals surface area contributed by atoms with E-state index in [9.17, 15) is 55.1 Å². The van der Waals surface area contributed by atoms with E-state index in [4.69, 9.17) is 56.8 Å². The Hall–Kier alpha value is -6.13. The minimum Gasteiger partial charge on any atom is -0.493 e. The maximum absolute atomic E-state index is 14.0. The van der Waals surface area contributed by atoms with Gasteiger partial charge >= 0.3 is 18.0 Å². The molecule has 0 saturated carbocycles. The molecule has 5 heterocycles. The van der Waals surface area contributed by atoms with Crippen molar-refractivity contribution >= 4 is 29.4 Å². The van der Waals surface area contributed by atoms with E-state index in [1.807, 2.05) is 0 Å². The summed E-state index contributed by atoms with van der Waals surface area (Å²) in [5.41, 5.74) is 0.550. The molecule has 9 rings (SSSR count). The first-order chi connectivity index (χ1) is 32.5. The lowest BCUT2D eigenvalue weighted by Crippen LogP contribution is -2.63. The standard InChI is InChI=1S/C43H46N2O23/c1-15-59-13-27-37(63-15)32(48)34(50)42(65-27)66-35-19-11-24-23(61-14-62-24)10-18(19)28(29-20(35)12-60-40(29)53)16-7-25(57-3)36(26(8-16)58-4)68-43(54)44(2)21-9-17(45(55)56)5-6-22(21)64-41-33(49)30(46)31(47)38(67-41)39(51)52/h5-11,15,20,27-35,37-38,41-42,46-50H,12-14H2,1-4H3,(H,51,52)/t15-,20-,27+,28-,29-,30+,31+,32+,33+,34+,35-,37+,38-,41-,42?/m0/s1. The SMILES string of the molecule is COc1cc([C@H]2c3cc4c(cc3[C@H](OC3O[C@@H]5CO[C@H](C)O[C@H]5[C@H](O)[C@H]3O)[C@H]3COC(=O)[C@H]23)OCO4)cc(OC)c1OC(=O)N(C)c1cc([N+](=O)[O-])ccc1O[C@H]1O[C@H](C(=O)O)[C@H](O)[C@@H](O)[C@H]1O. The zero-order valence-electron chi connectivity index (χ0n) is 36.3. The molecule has 4 saturated heterocycles. The van der Waals surface area contributed by atoms with Gasteiger partial charge in [-0.2, -0.15) is 0 Å². The molecular weight excluding hydrogens is 912 g/mol. The summed E-state index contributed by atoms with van der Waals surface area (Å²) in [5, 5.41) is 74.8. The van der Waals surface area contributed by atoms with Crippen molar-refractivity contribution < 1.29 is 107 Å². The zero-order valence-corrected chi connectivity index (χ0v) is 36.3. The average molecular weight is 959 g/mol. The highest BCUT2D eigenvalue weighted by molar-refractivity contribution is 5.92. The Kier molecular flexibility index (Phi) is 12.7. The van der Waals surface area contributed by atoms with E-state index in [1.54, 1.807) is 19.1 Å². The van der Waals surface area contributed by atoms with Gasteiger partial charge in [-0.1, -0.05) is 0 Å². The first kappa shape index (κ1) is 47.0. The molecule has 366 valence electrons. The van der Waals surface area contributed by atoms with Crippen molar-refractivity contribution in [1.82, 2.24) is 0 Å². The Labute approximate surface area is 384 Å². The van der Waals surface area contributed by atoms with Crippen LogP contribution in [0.15, 0.2) is 42.5 Å². The first-order valence-corrected chi connectivity index (χ1v) is 21.1. The van der Waals surface area contributed by atoms with Gasteiger partial charge in [-0.3, -0.25) is 19.8 Å². The number of benzene rings is 3. The number of non-ortho nitro benzene ring substituents is 1.